The molecule has 0 radical (unpaired) electrons. The number of carbonyl (C=O) groups is 1. The number of unbranched alkanes of at least 4 members (excludes halogenated alkanes) is 5. The zero-order chi connectivity index (χ0) is 20.1. The highest BCUT2D eigenvalue weighted by Crippen LogP contribution is 2.34. The van der Waals surface area contributed by atoms with Crippen molar-refractivity contribution in [1.82, 2.24) is 5.32 Å². The monoisotopic (exact) mass is 393 g/mol. The Hall–Kier alpha value is -1.87. The molecule has 0 bridgehead atoms. The lowest BCUT2D eigenvalue weighted by Crippen LogP contribution is -2.45. The highest BCUT2D eigenvalue weighted by atomic mass is 16.5. The van der Waals surface area contributed by atoms with Crippen molar-refractivity contribution in [1.29, 1.82) is 0 Å². The molecule has 156 valence electrons. The summed E-state index contributed by atoms with van der Waals surface area (Å²) in [7, 11) is 0. The normalized spacial score (nSPS) is 18.6. The van der Waals surface area contributed by atoms with Crippen LogP contribution >= 0.6 is 0 Å². The molecule has 0 saturated heterocycles. The molecule has 1 saturated carbocycles. The first-order valence-corrected chi connectivity index (χ1v) is 11.7. The summed E-state index contributed by atoms with van der Waals surface area (Å²) < 4.78 is 5.75. The second-order valence-electron chi connectivity index (χ2n) is 8.99. The van der Waals surface area contributed by atoms with Gasteiger partial charge in [-0.15, -0.1) is 0 Å². The van der Waals surface area contributed by atoms with Crippen molar-refractivity contribution in [2.45, 2.75) is 96.1 Å². The van der Waals surface area contributed by atoms with E-state index in [1.54, 1.807) is 0 Å². The molecule has 2 aromatic carbocycles. The summed E-state index contributed by atoms with van der Waals surface area (Å²) in [5.41, 5.74) is 2.74. The third kappa shape index (κ3) is 5.19. The minimum Gasteiger partial charge on any atom is -0.426 e. The molecule has 0 aromatic heterocycles. The van der Waals surface area contributed by atoms with Crippen molar-refractivity contribution in [2.24, 2.45) is 0 Å². The number of ether oxygens (including phenoxy) is 1. The van der Waals surface area contributed by atoms with Gasteiger partial charge >= 0.3 is 5.97 Å². The maximum Gasteiger partial charge on any atom is 0.311 e. The molecule has 0 heterocycles. The Morgan fingerprint density at radius 3 is 2.59 bits per heavy atom. The van der Waals surface area contributed by atoms with Crippen LogP contribution in [-0.2, 0) is 17.6 Å². The number of hydrogen-bond acceptors (Lipinski definition) is 3. The molecule has 29 heavy (non-hydrogen) atoms. The first-order chi connectivity index (χ1) is 14.2. The van der Waals surface area contributed by atoms with E-state index in [9.17, 15) is 4.79 Å². The van der Waals surface area contributed by atoms with Gasteiger partial charge in [0.1, 0.15) is 5.75 Å². The van der Waals surface area contributed by atoms with Crippen LogP contribution in [0.3, 0.4) is 0 Å². The Balaban J connectivity index is 1.39. The molecule has 1 atom stereocenters. The average molecular weight is 394 g/mol. The lowest BCUT2D eigenvalue weighted by molar-refractivity contribution is -0.134. The predicted molar refractivity (Wildman–Crippen MR) is 120 cm³/mol. The van der Waals surface area contributed by atoms with Crippen LogP contribution in [0.2, 0.25) is 0 Å². The van der Waals surface area contributed by atoms with E-state index in [0.717, 1.165) is 25.7 Å². The summed E-state index contributed by atoms with van der Waals surface area (Å²) in [4.78, 5) is 12.3. The first kappa shape index (κ1) is 20.4. The largest absolute Gasteiger partial charge is 0.426 e. The molecule has 2 aromatic rings. The van der Waals surface area contributed by atoms with Crippen molar-refractivity contribution in [3.05, 3.63) is 41.5 Å². The number of benzene rings is 2. The molecular weight excluding hydrogens is 358 g/mol. The average Bonchev–Trinajstić information content (AvgIpc) is 2.67. The van der Waals surface area contributed by atoms with Gasteiger partial charge < -0.3 is 10.1 Å². The number of esters is 1. The van der Waals surface area contributed by atoms with Gasteiger partial charge in [-0.2, -0.15) is 0 Å². The number of carbonyl (C=O) groups excluding carboxylic acids is 1. The van der Waals surface area contributed by atoms with Crippen LogP contribution in [0.15, 0.2) is 30.3 Å². The van der Waals surface area contributed by atoms with Gasteiger partial charge in [-0.05, 0) is 66.1 Å². The van der Waals surface area contributed by atoms with Gasteiger partial charge in [0.25, 0.3) is 0 Å². The van der Waals surface area contributed by atoms with Crippen molar-refractivity contribution >= 4 is 16.7 Å². The summed E-state index contributed by atoms with van der Waals surface area (Å²) in [6.45, 7) is 2.23. The molecular formula is C26H35NO2. The summed E-state index contributed by atoms with van der Waals surface area (Å²) in [6.07, 6.45) is 13.7. The summed E-state index contributed by atoms with van der Waals surface area (Å²) >= 11 is 0. The predicted octanol–water partition coefficient (Wildman–Crippen LogP) is 6.11. The zero-order valence-corrected chi connectivity index (χ0v) is 17.8. The molecule has 0 aliphatic heterocycles. The van der Waals surface area contributed by atoms with Crippen molar-refractivity contribution in [3.63, 3.8) is 0 Å². The SMILES string of the molecule is CCCCCCCCC(=O)Oc1cc2c3c(cccc3c1)CC(NC1CCC1)C2. The quantitative estimate of drug-likeness (QED) is 0.301. The maximum absolute atomic E-state index is 12.3. The fraction of sp³-hybridized carbons (Fsp3) is 0.577. The van der Waals surface area contributed by atoms with Gasteiger partial charge in [0.2, 0.25) is 0 Å². The molecule has 3 heteroatoms. The summed E-state index contributed by atoms with van der Waals surface area (Å²) in [6, 6.07) is 11.9. The van der Waals surface area contributed by atoms with Crippen LogP contribution in [0, 0.1) is 0 Å². The van der Waals surface area contributed by atoms with E-state index in [0.29, 0.717) is 24.3 Å². The van der Waals surface area contributed by atoms with Gasteiger partial charge in [-0.3, -0.25) is 4.79 Å². The molecule has 2 aliphatic carbocycles. The third-order valence-corrected chi connectivity index (χ3v) is 6.59. The Morgan fingerprint density at radius 2 is 1.79 bits per heavy atom. The Morgan fingerprint density at radius 1 is 1.00 bits per heavy atom. The van der Waals surface area contributed by atoms with E-state index >= 15 is 0 Å². The van der Waals surface area contributed by atoms with Crippen LogP contribution in [-0.4, -0.2) is 18.1 Å². The Kier molecular flexibility index (Phi) is 6.86. The standard InChI is InChI=1S/C26H35NO2/c1-2-3-4-5-6-7-14-25(28)29-24-17-20-11-8-10-19-15-23(27-22-12-9-13-22)16-21(18-24)26(19)20/h8,10-11,17-18,22-23,27H,2-7,9,12-16H2,1H3. The Labute approximate surface area is 175 Å². The maximum atomic E-state index is 12.3. The lowest BCUT2D eigenvalue weighted by atomic mass is 9.84. The third-order valence-electron chi connectivity index (χ3n) is 6.59. The highest BCUT2D eigenvalue weighted by Gasteiger charge is 2.26. The fourth-order valence-electron chi connectivity index (χ4n) is 4.82. The molecule has 1 N–H and O–H groups in total. The minimum atomic E-state index is -0.0943. The molecule has 2 aliphatic rings. The van der Waals surface area contributed by atoms with E-state index in [1.165, 1.54) is 66.8 Å². The van der Waals surface area contributed by atoms with Gasteiger partial charge in [0, 0.05) is 18.5 Å². The molecule has 1 unspecified atom stereocenters. The van der Waals surface area contributed by atoms with Crippen LogP contribution in [0.25, 0.3) is 10.8 Å². The highest BCUT2D eigenvalue weighted by molar-refractivity contribution is 5.91. The van der Waals surface area contributed by atoms with Crippen LogP contribution in [0.1, 0.15) is 82.3 Å². The van der Waals surface area contributed by atoms with Gasteiger partial charge in [0.15, 0.2) is 0 Å². The van der Waals surface area contributed by atoms with E-state index in [4.69, 9.17) is 4.74 Å². The summed E-state index contributed by atoms with van der Waals surface area (Å²) in [5.74, 6) is 0.619. The van der Waals surface area contributed by atoms with E-state index in [1.807, 2.05) is 6.07 Å². The fourth-order valence-corrected chi connectivity index (χ4v) is 4.82. The molecule has 1 fully saturated rings. The van der Waals surface area contributed by atoms with Crippen molar-refractivity contribution < 1.29 is 9.53 Å². The lowest BCUT2D eigenvalue weighted by Gasteiger charge is -2.34. The minimum absolute atomic E-state index is 0.0943. The topological polar surface area (TPSA) is 38.3 Å². The number of nitrogens with one attached hydrogen (secondary N) is 1. The van der Waals surface area contributed by atoms with Gasteiger partial charge in [-0.1, -0.05) is 63.6 Å². The number of rotatable bonds is 10. The smallest absolute Gasteiger partial charge is 0.311 e. The second-order valence-corrected chi connectivity index (χ2v) is 8.99. The van der Waals surface area contributed by atoms with Crippen LogP contribution in [0.4, 0.5) is 0 Å². The van der Waals surface area contributed by atoms with E-state index in [-0.39, 0.29) is 5.97 Å². The van der Waals surface area contributed by atoms with Gasteiger partial charge in [-0.25, -0.2) is 0 Å². The second kappa shape index (κ2) is 9.75. The van der Waals surface area contributed by atoms with Crippen LogP contribution < -0.4 is 10.1 Å². The summed E-state index contributed by atoms with van der Waals surface area (Å²) in [5, 5.41) is 6.41. The molecule has 0 spiro atoms. The van der Waals surface area contributed by atoms with Crippen molar-refractivity contribution in [3.8, 4) is 5.75 Å². The van der Waals surface area contributed by atoms with E-state index in [2.05, 4.69) is 36.5 Å². The molecule has 3 nitrogen and oxygen atoms in total. The number of hydrogen-bond donors (Lipinski definition) is 1. The van der Waals surface area contributed by atoms with Crippen LogP contribution in [0.5, 0.6) is 5.75 Å². The first-order valence-electron chi connectivity index (χ1n) is 11.7. The Bertz CT molecular complexity index is 840. The van der Waals surface area contributed by atoms with Crippen molar-refractivity contribution in [2.75, 3.05) is 0 Å². The zero-order valence-electron chi connectivity index (χ0n) is 17.8. The molecule has 0 amide bonds. The van der Waals surface area contributed by atoms with Gasteiger partial charge in [0.05, 0.1) is 0 Å². The van der Waals surface area contributed by atoms with E-state index < -0.39 is 0 Å². The molecule has 4 rings (SSSR count).